The Kier molecular flexibility index (Phi) is 9.36. The molecule has 0 saturated heterocycles. The van der Waals surface area contributed by atoms with Crippen molar-refractivity contribution in [2.75, 3.05) is 11.9 Å². The van der Waals surface area contributed by atoms with E-state index in [2.05, 4.69) is 21.5 Å². The van der Waals surface area contributed by atoms with Gasteiger partial charge in [0.15, 0.2) is 5.11 Å². The summed E-state index contributed by atoms with van der Waals surface area (Å²) in [7, 11) is 0. The molecule has 1 aliphatic rings. The zero-order valence-electron chi connectivity index (χ0n) is 16.6. The largest absolute Gasteiger partial charge is 0.494 e. The van der Waals surface area contributed by atoms with Crippen LogP contribution >= 0.6 is 12.2 Å². The lowest BCUT2D eigenvalue weighted by molar-refractivity contribution is -0.125. The molecular weight excluding hydrogens is 392 g/mol. The van der Waals surface area contributed by atoms with Gasteiger partial charge in [-0.2, -0.15) is 0 Å². The van der Waals surface area contributed by atoms with Gasteiger partial charge in [0.2, 0.25) is 17.7 Å². The molecule has 1 aromatic carbocycles. The number of nitrogens with one attached hydrogen (secondary N) is 4. The van der Waals surface area contributed by atoms with E-state index in [0.717, 1.165) is 37.9 Å². The van der Waals surface area contributed by atoms with Crippen LogP contribution in [0, 0.1) is 5.92 Å². The Morgan fingerprint density at radius 1 is 1.00 bits per heavy atom. The number of anilines is 1. The molecule has 1 aromatic rings. The standard InChI is InChI=1S/C20H28N4O4S/c1-2-28-16-10-8-15(9-11-16)21-17(25)12-13-18(26)23-24-20(29)22-19(27)14-6-4-3-5-7-14/h8-11,14H,2-7,12-13H2,1H3,(H,21,25)(H,23,26)(H2,22,24,27,29). The average molecular weight is 421 g/mol. The first-order valence-corrected chi connectivity index (χ1v) is 10.3. The van der Waals surface area contributed by atoms with Gasteiger partial charge in [0, 0.05) is 24.4 Å². The Morgan fingerprint density at radius 2 is 1.66 bits per heavy atom. The molecule has 4 N–H and O–H groups in total. The number of ether oxygens (including phenoxy) is 1. The van der Waals surface area contributed by atoms with Crippen LogP contribution in [0.5, 0.6) is 5.75 Å². The maximum Gasteiger partial charge on any atom is 0.238 e. The van der Waals surface area contributed by atoms with Gasteiger partial charge in [-0.3, -0.25) is 25.2 Å². The normalized spacial score (nSPS) is 13.8. The van der Waals surface area contributed by atoms with Crippen molar-refractivity contribution in [2.45, 2.75) is 51.9 Å². The monoisotopic (exact) mass is 420 g/mol. The van der Waals surface area contributed by atoms with Gasteiger partial charge < -0.3 is 15.4 Å². The molecule has 1 saturated carbocycles. The summed E-state index contributed by atoms with van der Waals surface area (Å²) in [6, 6.07) is 6.99. The summed E-state index contributed by atoms with van der Waals surface area (Å²) in [5.41, 5.74) is 5.52. The fraction of sp³-hybridized carbons (Fsp3) is 0.500. The molecule has 0 aromatic heterocycles. The van der Waals surface area contributed by atoms with Crippen molar-refractivity contribution in [3.8, 4) is 5.75 Å². The van der Waals surface area contributed by atoms with Crippen LogP contribution in [0.4, 0.5) is 5.69 Å². The van der Waals surface area contributed by atoms with Crippen molar-refractivity contribution in [2.24, 2.45) is 5.92 Å². The zero-order valence-corrected chi connectivity index (χ0v) is 17.4. The highest BCUT2D eigenvalue weighted by Crippen LogP contribution is 2.23. The van der Waals surface area contributed by atoms with Crippen LogP contribution in [-0.4, -0.2) is 29.4 Å². The van der Waals surface area contributed by atoms with E-state index in [0.29, 0.717) is 12.3 Å². The molecule has 0 unspecified atom stereocenters. The molecule has 8 nitrogen and oxygen atoms in total. The van der Waals surface area contributed by atoms with Crippen molar-refractivity contribution in [1.29, 1.82) is 0 Å². The molecule has 1 aliphatic carbocycles. The van der Waals surface area contributed by atoms with Gasteiger partial charge in [-0.05, 0) is 56.2 Å². The molecule has 1 fully saturated rings. The van der Waals surface area contributed by atoms with Crippen LogP contribution in [-0.2, 0) is 14.4 Å². The highest BCUT2D eigenvalue weighted by molar-refractivity contribution is 7.80. The Bertz CT molecular complexity index is 718. The van der Waals surface area contributed by atoms with Crippen LogP contribution in [0.25, 0.3) is 0 Å². The van der Waals surface area contributed by atoms with E-state index in [-0.39, 0.29) is 35.7 Å². The summed E-state index contributed by atoms with van der Waals surface area (Å²) in [4.78, 5) is 35.9. The summed E-state index contributed by atoms with van der Waals surface area (Å²) in [6.07, 6.45) is 4.99. The number of hydrogen-bond donors (Lipinski definition) is 4. The first kappa shape index (κ1) is 22.6. The van der Waals surface area contributed by atoms with Gasteiger partial charge >= 0.3 is 0 Å². The van der Waals surface area contributed by atoms with Crippen molar-refractivity contribution in [3.05, 3.63) is 24.3 Å². The lowest BCUT2D eigenvalue weighted by Crippen LogP contribution is -2.49. The number of carbonyl (C=O) groups excluding carboxylic acids is 3. The minimum absolute atomic E-state index is 0.0158. The number of hydrogen-bond acceptors (Lipinski definition) is 5. The maximum absolute atomic E-state index is 12.1. The predicted octanol–water partition coefficient (Wildman–Crippen LogP) is 2.41. The first-order valence-electron chi connectivity index (χ1n) is 9.90. The first-order chi connectivity index (χ1) is 14.0. The molecule has 2 rings (SSSR count). The number of hydrazine groups is 1. The van der Waals surface area contributed by atoms with Gasteiger partial charge in [-0.15, -0.1) is 0 Å². The Labute approximate surface area is 176 Å². The van der Waals surface area contributed by atoms with E-state index in [4.69, 9.17) is 17.0 Å². The lowest BCUT2D eigenvalue weighted by Gasteiger charge is -2.21. The van der Waals surface area contributed by atoms with Crippen molar-refractivity contribution in [1.82, 2.24) is 16.2 Å². The second kappa shape index (κ2) is 12.0. The molecule has 0 atom stereocenters. The Morgan fingerprint density at radius 3 is 2.31 bits per heavy atom. The summed E-state index contributed by atoms with van der Waals surface area (Å²) in [6.45, 7) is 2.47. The van der Waals surface area contributed by atoms with Crippen LogP contribution in [0.3, 0.4) is 0 Å². The predicted molar refractivity (Wildman–Crippen MR) is 114 cm³/mol. The zero-order chi connectivity index (χ0) is 21.1. The van der Waals surface area contributed by atoms with E-state index in [1.54, 1.807) is 24.3 Å². The van der Waals surface area contributed by atoms with E-state index in [1.165, 1.54) is 0 Å². The highest BCUT2D eigenvalue weighted by Gasteiger charge is 2.21. The van der Waals surface area contributed by atoms with Crippen LogP contribution in [0.1, 0.15) is 51.9 Å². The molecule has 0 spiro atoms. The third kappa shape index (κ3) is 8.47. The van der Waals surface area contributed by atoms with Gasteiger partial charge in [-0.1, -0.05) is 19.3 Å². The van der Waals surface area contributed by atoms with E-state index >= 15 is 0 Å². The number of thiocarbonyl (C=S) groups is 1. The SMILES string of the molecule is CCOc1ccc(NC(=O)CCC(=O)NNC(=S)NC(=O)C2CCCCC2)cc1. The minimum atomic E-state index is -0.402. The van der Waals surface area contributed by atoms with E-state index < -0.39 is 5.91 Å². The Hall–Kier alpha value is -2.68. The average Bonchev–Trinajstić information content (AvgIpc) is 2.73. The number of carbonyl (C=O) groups is 3. The van der Waals surface area contributed by atoms with Crippen molar-refractivity contribution >= 4 is 40.7 Å². The molecule has 0 heterocycles. The van der Waals surface area contributed by atoms with Gasteiger partial charge in [-0.25, -0.2) is 0 Å². The van der Waals surface area contributed by atoms with E-state index in [9.17, 15) is 14.4 Å². The minimum Gasteiger partial charge on any atom is -0.494 e. The lowest BCUT2D eigenvalue weighted by atomic mass is 9.89. The van der Waals surface area contributed by atoms with Gasteiger partial charge in [0.25, 0.3) is 0 Å². The molecule has 9 heteroatoms. The molecule has 0 aliphatic heterocycles. The number of rotatable bonds is 7. The number of amides is 3. The van der Waals surface area contributed by atoms with Crippen LogP contribution in [0.2, 0.25) is 0 Å². The van der Waals surface area contributed by atoms with Gasteiger partial charge in [0.05, 0.1) is 6.61 Å². The number of benzene rings is 1. The molecule has 0 radical (unpaired) electrons. The highest BCUT2D eigenvalue weighted by atomic mass is 32.1. The Balaban J connectivity index is 1.62. The van der Waals surface area contributed by atoms with Crippen LogP contribution in [0.15, 0.2) is 24.3 Å². The maximum atomic E-state index is 12.1. The molecule has 0 bridgehead atoms. The fourth-order valence-corrected chi connectivity index (χ4v) is 3.20. The third-order valence-corrected chi connectivity index (χ3v) is 4.76. The van der Waals surface area contributed by atoms with Crippen LogP contribution < -0.4 is 26.2 Å². The molecule has 158 valence electrons. The van der Waals surface area contributed by atoms with E-state index in [1.807, 2.05) is 6.92 Å². The van der Waals surface area contributed by atoms with Crippen molar-refractivity contribution in [3.63, 3.8) is 0 Å². The summed E-state index contributed by atoms with van der Waals surface area (Å²) in [5, 5.41) is 5.36. The fourth-order valence-electron chi connectivity index (χ4n) is 3.05. The smallest absolute Gasteiger partial charge is 0.238 e. The topological polar surface area (TPSA) is 109 Å². The summed E-state index contributed by atoms with van der Waals surface area (Å²) in [5.74, 6) is -0.0993. The third-order valence-electron chi connectivity index (χ3n) is 4.56. The molecular formula is C20H28N4O4S. The summed E-state index contributed by atoms with van der Waals surface area (Å²) < 4.78 is 5.34. The second-order valence-corrected chi connectivity index (χ2v) is 7.24. The quantitative estimate of drug-likeness (QED) is 0.398. The molecule has 29 heavy (non-hydrogen) atoms. The molecule has 3 amide bonds. The van der Waals surface area contributed by atoms with Crippen molar-refractivity contribution < 1.29 is 19.1 Å². The van der Waals surface area contributed by atoms with Gasteiger partial charge in [0.1, 0.15) is 5.75 Å². The second-order valence-electron chi connectivity index (χ2n) is 6.83. The summed E-state index contributed by atoms with van der Waals surface area (Å²) >= 11 is 5.02.